The van der Waals surface area contributed by atoms with Crippen LogP contribution in [0.5, 0.6) is 0 Å². The van der Waals surface area contributed by atoms with E-state index < -0.39 is 0 Å². The van der Waals surface area contributed by atoms with Crippen LogP contribution in [-0.2, 0) is 4.79 Å². The number of nitrogens with zero attached hydrogens (tertiary/aromatic N) is 1. The molecule has 0 aromatic carbocycles. The number of hydrogen-bond acceptors (Lipinski definition) is 2. The number of nitrogens with one attached hydrogen (secondary N) is 1. The van der Waals surface area contributed by atoms with E-state index in [-0.39, 0.29) is 0 Å². The molecular formula is C16H32N2O. The van der Waals surface area contributed by atoms with Crippen molar-refractivity contribution in [2.24, 2.45) is 11.8 Å². The van der Waals surface area contributed by atoms with Crippen LogP contribution in [0, 0.1) is 11.8 Å². The average molecular weight is 268 g/mol. The summed E-state index contributed by atoms with van der Waals surface area (Å²) in [6.07, 6.45) is 5.21. The fraction of sp³-hybridized carbons (Fsp3) is 0.938. The van der Waals surface area contributed by atoms with Crippen LogP contribution in [0.25, 0.3) is 0 Å². The van der Waals surface area contributed by atoms with Crippen LogP contribution in [0.2, 0.25) is 0 Å². The molecule has 1 saturated heterocycles. The largest absolute Gasteiger partial charge is 0.339 e. The summed E-state index contributed by atoms with van der Waals surface area (Å²) in [7, 11) is 0. The highest BCUT2D eigenvalue weighted by molar-refractivity contribution is 5.76. The molecule has 112 valence electrons. The number of carbonyl (C=O) groups excluding carboxylic acids is 1. The van der Waals surface area contributed by atoms with Gasteiger partial charge >= 0.3 is 0 Å². The van der Waals surface area contributed by atoms with Gasteiger partial charge in [-0.05, 0) is 50.6 Å². The molecule has 1 aliphatic heterocycles. The van der Waals surface area contributed by atoms with Crippen molar-refractivity contribution in [2.75, 3.05) is 19.6 Å². The minimum Gasteiger partial charge on any atom is -0.339 e. The predicted octanol–water partition coefficient (Wildman–Crippen LogP) is 3.05. The molecule has 0 atom stereocenters. The maximum atomic E-state index is 12.6. The van der Waals surface area contributed by atoms with Gasteiger partial charge in [0, 0.05) is 19.0 Å². The Labute approximate surface area is 119 Å². The van der Waals surface area contributed by atoms with Gasteiger partial charge in [0.25, 0.3) is 0 Å². The minimum atomic E-state index is 0.384. The maximum Gasteiger partial charge on any atom is 0.223 e. The van der Waals surface area contributed by atoms with Crippen LogP contribution in [0.3, 0.4) is 0 Å². The van der Waals surface area contributed by atoms with Crippen molar-refractivity contribution in [3.63, 3.8) is 0 Å². The fourth-order valence-electron chi connectivity index (χ4n) is 3.03. The maximum absolute atomic E-state index is 12.6. The van der Waals surface area contributed by atoms with Crippen molar-refractivity contribution in [1.82, 2.24) is 10.2 Å². The topological polar surface area (TPSA) is 32.3 Å². The number of rotatable bonds is 7. The second kappa shape index (κ2) is 8.57. The van der Waals surface area contributed by atoms with E-state index in [4.69, 9.17) is 0 Å². The molecule has 0 unspecified atom stereocenters. The quantitative estimate of drug-likeness (QED) is 0.769. The third-order valence-electron chi connectivity index (χ3n) is 4.19. The van der Waals surface area contributed by atoms with E-state index >= 15 is 0 Å². The molecule has 0 aromatic rings. The molecule has 1 aliphatic rings. The lowest BCUT2D eigenvalue weighted by atomic mass is 9.93. The van der Waals surface area contributed by atoms with Gasteiger partial charge in [0.15, 0.2) is 0 Å². The summed E-state index contributed by atoms with van der Waals surface area (Å²) in [5.74, 6) is 1.53. The molecule has 0 bridgehead atoms. The monoisotopic (exact) mass is 268 g/mol. The molecule has 1 fully saturated rings. The number of carbonyl (C=O) groups is 1. The lowest BCUT2D eigenvalue weighted by Crippen LogP contribution is -2.43. The molecule has 3 nitrogen and oxygen atoms in total. The van der Waals surface area contributed by atoms with E-state index in [2.05, 4.69) is 37.9 Å². The van der Waals surface area contributed by atoms with Gasteiger partial charge in [-0.2, -0.15) is 0 Å². The van der Waals surface area contributed by atoms with E-state index in [0.717, 1.165) is 51.7 Å². The second-order valence-corrected chi connectivity index (χ2v) is 6.31. The first-order valence-electron chi connectivity index (χ1n) is 8.08. The first kappa shape index (κ1) is 16.5. The smallest absolute Gasteiger partial charge is 0.223 e. The van der Waals surface area contributed by atoms with E-state index in [0.29, 0.717) is 23.8 Å². The van der Waals surface area contributed by atoms with Crippen LogP contribution in [0.4, 0.5) is 0 Å². The Kier molecular flexibility index (Phi) is 7.44. The van der Waals surface area contributed by atoms with Gasteiger partial charge in [0.2, 0.25) is 5.91 Å². The number of amides is 1. The summed E-state index contributed by atoms with van der Waals surface area (Å²) in [6.45, 7) is 11.9. The molecule has 19 heavy (non-hydrogen) atoms. The van der Waals surface area contributed by atoms with Crippen molar-refractivity contribution in [2.45, 2.75) is 65.8 Å². The number of piperidine rings is 1. The Hall–Kier alpha value is -0.570. The fourth-order valence-corrected chi connectivity index (χ4v) is 3.03. The zero-order valence-electron chi connectivity index (χ0n) is 13.2. The predicted molar refractivity (Wildman–Crippen MR) is 81.1 cm³/mol. The molecule has 0 aliphatic carbocycles. The average Bonchev–Trinajstić information content (AvgIpc) is 2.39. The van der Waals surface area contributed by atoms with Crippen LogP contribution >= 0.6 is 0 Å². The third kappa shape index (κ3) is 5.52. The summed E-state index contributed by atoms with van der Waals surface area (Å²) < 4.78 is 0. The highest BCUT2D eigenvalue weighted by atomic mass is 16.2. The van der Waals surface area contributed by atoms with Crippen molar-refractivity contribution in [3.05, 3.63) is 0 Å². The standard InChI is InChI=1S/C16H32N2O/c1-5-15(6-2)18(12-13(3)4)16(19)11-14-7-9-17-10-8-14/h13-15,17H,5-12H2,1-4H3. The summed E-state index contributed by atoms with van der Waals surface area (Å²) in [5, 5.41) is 3.37. The molecule has 1 amide bonds. The highest BCUT2D eigenvalue weighted by Crippen LogP contribution is 2.20. The lowest BCUT2D eigenvalue weighted by Gasteiger charge is -2.34. The van der Waals surface area contributed by atoms with Crippen molar-refractivity contribution in [3.8, 4) is 0 Å². The van der Waals surface area contributed by atoms with Gasteiger partial charge in [-0.15, -0.1) is 0 Å². The second-order valence-electron chi connectivity index (χ2n) is 6.31. The van der Waals surface area contributed by atoms with Gasteiger partial charge in [-0.1, -0.05) is 27.7 Å². The van der Waals surface area contributed by atoms with Gasteiger partial charge < -0.3 is 10.2 Å². The molecule has 0 saturated carbocycles. The third-order valence-corrected chi connectivity index (χ3v) is 4.19. The zero-order valence-corrected chi connectivity index (χ0v) is 13.2. The van der Waals surface area contributed by atoms with Crippen LogP contribution in [0.1, 0.15) is 59.8 Å². The Morgan fingerprint density at radius 2 is 1.79 bits per heavy atom. The lowest BCUT2D eigenvalue weighted by molar-refractivity contribution is -0.135. The normalized spacial score (nSPS) is 17.2. The SMILES string of the molecule is CCC(CC)N(CC(C)C)C(=O)CC1CCNCC1. The Morgan fingerprint density at radius 3 is 2.26 bits per heavy atom. The number of hydrogen-bond donors (Lipinski definition) is 1. The summed E-state index contributed by atoms with van der Waals surface area (Å²) in [4.78, 5) is 14.8. The van der Waals surface area contributed by atoms with E-state index in [1.807, 2.05) is 0 Å². The first-order valence-corrected chi connectivity index (χ1v) is 8.08. The van der Waals surface area contributed by atoms with Crippen LogP contribution in [0.15, 0.2) is 0 Å². The van der Waals surface area contributed by atoms with E-state index in [1.54, 1.807) is 0 Å². The Balaban J connectivity index is 2.58. The molecule has 1 heterocycles. The van der Waals surface area contributed by atoms with Crippen LogP contribution in [-0.4, -0.2) is 36.5 Å². The van der Waals surface area contributed by atoms with Crippen molar-refractivity contribution < 1.29 is 4.79 Å². The first-order chi connectivity index (χ1) is 9.08. The molecule has 3 heteroatoms. The van der Waals surface area contributed by atoms with Crippen molar-refractivity contribution >= 4 is 5.91 Å². The van der Waals surface area contributed by atoms with Gasteiger partial charge in [-0.3, -0.25) is 4.79 Å². The Bertz CT molecular complexity index is 255. The molecule has 0 radical (unpaired) electrons. The van der Waals surface area contributed by atoms with E-state index in [9.17, 15) is 4.79 Å². The van der Waals surface area contributed by atoms with Crippen molar-refractivity contribution in [1.29, 1.82) is 0 Å². The van der Waals surface area contributed by atoms with E-state index in [1.165, 1.54) is 0 Å². The molecule has 1 N–H and O–H groups in total. The molecule has 1 rings (SSSR count). The summed E-state index contributed by atoms with van der Waals surface area (Å²) in [6, 6.07) is 0.427. The summed E-state index contributed by atoms with van der Waals surface area (Å²) in [5.41, 5.74) is 0. The van der Waals surface area contributed by atoms with Crippen LogP contribution < -0.4 is 5.32 Å². The minimum absolute atomic E-state index is 0.384. The highest BCUT2D eigenvalue weighted by Gasteiger charge is 2.25. The van der Waals surface area contributed by atoms with Gasteiger partial charge in [0.1, 0.15) is 0 Å². The molecule has 0 spiro atoms. The van der Waals surface area contributed by atoms with Gasteiger partial charge in [-0.25, -0.2) is 0 Å². The molecule has 0 aromatic heterocycles. The summed E-state index contributed by atoms with van der Waals surface area (Å²) >= 11 is 0. The molecular weight excluding hydrogens is 236 g/mol. The van der Waals surface area contributed by atoms with Gasteiger partial charge in [0.05, 0.1) is 0 Å². The zero-order chi connectivity index (χ0) is 14.3. The Morgan fingerprint density at radius 1 is 1.21 bits per heavy atom.